The van der Waals surface area contributed by atoms with E-state index in [4.69, 9.17) is 5.84 Å². The van der Waals surface area contributed by atoms with Crippen molar-refractivity contribution in [2.45, 2.75) is 25.6 Å². The van der Waals surface area contributed by atoms with E-state index in [1.165, 1.54) is 28.6 Å². The average molecular weight is 471 g/mol. The highest BCUT2D eigenvalue weighted by molar-refractivity contribution is 7.99. The standard InChI is InChI=1S/C22H20F2N6O2S/c1-13-10-18(14(2)29(13)16-5-7-17(8-6-16)32-21(23)24)19(31)12-33-22-28-27-20(30(22)25)15-4-3-9-26-11-15/h3-11,21H,12,25H2,1-2H3. The summed E-state index contributed by atoms with van der Waals surface area (Å²) in [6.07, 6.45) is 3.28. The lowest BCUT2D eigenvalue weighted by Crippen LogP contribution is -2.13. The first-order valence-electron chi connectivity index (χ1n) is 9.86. The molecule has 0 fully saturated rings. The number of ketones is 1. The third kappa shape index (κ3) is 4.72. The molecule has 0 saturated carbocycles. The molecule has 3 aromatic heterocycles. The summed E-state index contributed by atoms with van der Waals surface area (Å²) in [7, 11) is 0. The van der Waals surface area contributed by atoms with E-state index in [1.807, 2.05) is 24.5 Å². The second kappa shape index (κ2) is 9.41. The van der Waals surface area contributed by atoms with Crippen molar-refractivity contribution in [2.24, 2.45) is 0 Å². The number of carbonyl (C=O) groups is 1. The molecule has 0 atom stereocenters. The van der Waals surface area contributed by atoms with Crippen LogP contribution in [0.5, 0.6) is 5.75 Å². The number of halogens is 2. The lowest BCUT2D eigenvalue weighted by molar-refractivity contribution is -0.0498. The predicted molar refractivity (Wildman–Crippen MR) is 120 cm³/mol. The Labute approximate surface area is 192 Å². The van der Waals surface area contributed by atoms with Gasteiger partial charge in [0.15, 0.2) is 11.6 Å². The Morgan fingerprint density at radius 2 is 1.94 bits per heavy atom. The molecule has 0 aliphatic heterocycles. The number of aryl methyl sites for hydroxylation is 1. The number of nitrogen functional groups attached to an aromatic ring is 1. The summed E-state index contributed by atoms with van der Waals surface area (Å²) in [5.74, 6) is 6.66. The molecular weight excluding hydrogens is 450 g/mol. The smallest absolute Gasteiger partial charge is 0.387 e. The number of nitrogens with two attached hydrogens (primary N) is 1. The van der Waals surface area contributed by atoms with Crippen molar-refractivity contribution < 1.29 is 18.3 Å². The van der Waals surface area contributed by atoms with Crippen LogP contribution >= 0.6 is 11.8 Å². The highest BCUT2D eigenvalue weighted by Crippen LogP contribution is 2.26. The highest BCUT2D eigenvalue weighted by Gasteiger charge is 2.19. The Bertz CT molecular complexity index is 1270. The number of rotatable bonds is 8. The van der Waals surface area contributed by atoms with Gasteiger partial charge in [0.2, 0.25) is 5.16 Å². The molecule has 33 heavy (non-hydrogen) atoms. The molecule has 0 aliphatic rings. The van der Waals surface area contributed by atoms with Gasteiger partial charge >= 0.3 is 6.61 Å². The fraction of sp³-hybridized carbons (Fsp3) is 0.182. The molecule has 8 nitrogen and oxygen atoms in total. The number of Topliss-reactive ketones (excluding diaryl/α,β-unsaturated/α-hetero) is 1. The normalized spacial score (nSPS) is 11.2. The molecule has 2 N–H and O–H groups in total. The molecule has 170 valence electrons. The van der Waals surface area contributed by atoms with E-state index in [0.29, 0.717) is 16.5 Å². The van der Waals surface area contributed by atoms with Crippen molar-refractivity contribution in [2.75, 3.05) is 11.6 Å². The molecule has 3 heterocycles. The number of aromatic nitrogens is 5. The van der Waals surface area contributed by atoms with Crippen LogP contribution in [0.25, 0.3) is 17.1 Å². The zero-order valence-electron chi connectivity index (χ0n) is 17.8. The van der Waals surface area contributed by atoms with Gasteiger partial charge in [-0.05, 0) is 56.3 Å². The van der Waals surface area contributed by atoms with Gasteiger partial charge in [-0.25, -0.2) is 4.68 Å². The van der Waals surface area contributed by atoms with E-state index >= 15 is 0 Å². The van der Waals surface area contributed by atoms with Crippen LogP contribution in [-0.4, -0.2) is 42.6 Å². The van der Waals surface area contributed by atoms with Crippen molar-refractivity contribution in [1.82, 2.24) is 24.4 Å². The van der Waals surface area contributed by atoms with Crippen LogP contribution in [0.2, 0.25) is 0 Å². The third-order valence-corrected chi connectivity index (χ3v) is 5.91. The summed E-state index contributed by atoms with van der Waals surface area (Å²) in [5.41, 5.74) is 3.60. The van der Waals surface area contributed by atoms with Crippen molar-refractivity contribution in [1.29, 1.82) is 0 Å². The number of thioether (sulfide) groups is 1. The molecule has 0 aliphatic carbocycles. The second-order valence-corrected chi connectivity index (χ2v) is 8.06. The van der Waals surface area contributed by atoms with Gasteiger partial charge in [-0.1, -0.05) is 11.8 Å². The Morgan fingerprint density at radius 3 is 2.61 bits per heavy atom. The number of hydrogen-bond donors (Lipinski definition) is 1. The largest absolute Gasteiger partial charge is 0.435 e. The van der Waals surface area contributed by atoms with E-state index in [0.717, 1.165) is 22.6 Å². The fourth-order valence-electron chi connectivity index (χ4n) is 3.49. The predicted octanol–water partition coefficient (Wildman–Crippen LogP) is 4.04. The van der Waals surface area contributed by atoms with Gasteiger partial charge < -0.3 is 15.1 Å². The van der Waals surface area contributed by atoms with Crippen LogP contribution in [0.15, 0.2) is 60.0 Å². The third-order valence-electron chi connectivity index (χ3n) is 4.97. The van der Waals surface area contributed by atoms with E-state index in [-0.39, 0.29) is 17.3 Å². The lowest BCUT2D eigenvalue weighted by atomic mass is 10.2. The van der Waals surface area contributed by atoms with Gasteiger partial charge in [0.1, 0.15) is 5.75 Å². The van der Waals surface area contributed by atoms with Gasteiger partial charge in [0.05, 0.1) is 5.75 Å². The number of carbonyl (C=O) groups excluding carboxylic acids is 1. The van der Waals surface area contributed by atoms with Crippen molar-refractivity contribution in [3.63, 3.8) is 0 Å². The highest BCUT2D eigenvalue weighted by atomic mass is 32.2. The first-order chi connectivity index (χ1) is 15.8. The van der Waals surface area contributed by atoms with Gasteiger partial charge in [-0.15, -0.1) is 10.2 Å². The van der Waals surface area contributed by atoms with Crippen molar-refractivity contribution in [3.05, 3.63) is 71.8 Å². The van der Waals surface area contributed by atoms with Crippen LogP contribution < -0.4 is 10.6 Å². The summed E-state index contributed by atoms with van der Waals surface area (Å²) in [6, 6.07) is 11.7. The van der Waals surface area contributed by atoms with Crippen molar-refractivity contribution in [3.8, 4) is 22.8 Å². The minimum absolute atomic E-state index is 0.0699. The van der Waals surface area contributed by atoms with E-state index in [9.17, 15) is 13.6 Å². The van der Waals surface area contributed by atoms with E-state index in [1.54, 1.807) is 36.7 Å². The number of benzene rings is 1. The molecule has 4 rings (SSSR count). The molecule has 0 saturated heterocycles. The van der Waals surface area contributed by atoms with Crippen LogP contribution in [0, 0.1) is 13.8 Å². The molecule has 0 unspecified atom stereocenters. The van der Waals surface area contributed by atoms with E-state index < -0.39 is 6.61 Å². The summed E-state index contributed by atoms with van der Waals surface area (Å²) in [5, 5.41) is 8.58. The summed E-state index contributed by atoms with van der Waals surface area (Å²) < 4.78 is 32.4. The lowest BCUT2D eigenvalue weighted by Gasteiger charge is -2.11. The minimum Gasteiger partial charge on any atom is -0.435 e. The second-order valence-electron chi connectivity index (χ2n) is 7.12. The van der Waals surface area contributed by atoms with Gasteiger partial charge in [-0.3, -0.25) is 9.78 Å². The van der Waals surface area contributed by atoms with Crippen molar-refractivity contribution >= 4 is 17.5 Å². The maximum absolute atomic E-state index is 13.0. The zero-order valence-corrected chi connectivity index (χ0v) is 18.6. The number of nitrogens with zero attached hydrogens (tertiary/aromatic N) is 5. The van der Waals surface area contributed by atoms with Crippen LogP contribution in [0.4, 0.5) is 8.78 Å². The van der Waals surface area contributed by atoms with Crippen LogP contribution in [-0.2, 0) is 0 Å². The zero-order chi connectivity index (χ0) is 23.5. The summed E-state index contributed by atoms with van der Waals surface area (Å²) in [6.45, 7) is 0.824. The SMILES string of the molecule is Cc1cc(C(=O)CSc2nnc(-c3cccnc3)n2N)c(C)n1-c1ccc(OC(F)F)cc1. The Kier molecular flexibility index (Phi) is 6.40. The minimum atomic E-state index is -2.88. The number of ether oxygens (including phenoxy) is 1. The Morgan fingerprint density at radius 1 is 1.18 bits per heavy atom. The maximum Gasteiger partial charge on any atom is 0.387 e. The monoisotopic (exact) mass is 470 g/mol. The Balaban J connectivity index is 1.49. The van der Waals surface area contributed by atoms with E-state index in [2.05, 4.69) is 19.9 Å². The fourth-order valence-corrected chi connectivity index (χ4v) is 4.23. The first kappa shape index (κ1) is 22.5. The topological polar surface area (TPSA) is 101 Å². The van der Waals surface area contributed by atoms with Crippen LogP contribution in [0.1, 0.15) is 21.7 Å². The molecule has 0 spiro atoms. The molecule has 4 aromatic rings. The molecule has 0 radical (unpaired) electrons. The molecule has 0 bridgehead atoms. The van der Waals surface area contributed by atoms with Crippen LogP contribution in [0.3, 0.4) is 0 Å². The quantitative estimate of drug-likeness (QED) is 0.236. The molecule has 1 aromatic carbocycles. The molecular formula is C22H20F2N6O2S. The van der Waals surface area contributed by atoms with Gasteiger partial charge in [-0.2, -0.15) is 8.78 Å². The van der Waals surface area contributed by atoms with Gasteiger partial charge in [0, 0.05) is 40.6 Å². The maximum atomic E-state index is 13.0. The summed E-state index contributed by atoms with van der Waals surface area (Å²) in [4.78, 5) is 17.0. The van der Waals surface area contributed by atoms with Gasteiger partial charge in [0.25, 0.3) is 0 Å². The Hall–Kier alpha value is -3.73. The first-order valence-corrected chi connectivity index (χ1v) is 10.8. The number of pyridine rings is 1. The summed E-state index contributed by atoms with van der Waals surface area (Å²) >= 11 is 1.19. The molecule has 0 amide bonds. The average Bonchev–Trinajstić information content (AvgIpc) is 3.31. The number of alkyl halides is 2. The molecule has 11 heteroatoms. The number of hydrogen-bond acceptors (Lipinski definition) is 7.